The van der Waals surface area contributed by atoms with Crippen molar-refractivity contribution in [3.63, 3.8) is 0 Å². The number of rotatable bonds is 7. The van der Waals surface area contributed by atoms with E-state index in [1.54, 1.807) is 0 Å². The van der Waals surface area contributed by atoms with Gasteiger partial charge in [0, 0.05) is 17.8 Å². The molecule has 0 saturated carbocycles. The predicted octanol–water partition coefficient (Wildman–Crippen LogP) is 7.04. The molecule has 0 spiro atoms. The van der Waals surface area contributed by atoms with Crippen LogP contribution in [-0.2, 0) is 9.47 Å². The lowest BCUT2D eigenvalue weighted by atomic mass is 9.98. The average molecular weight is 491 g/mol. The van der Waals surface area contributed by atoms with Crippen LogP contribution in [0, 0.1) is 0 Å². The van der Waals surface area contributed by atoms with Crippen LogP contribution in [0.5, 0.6) is 0 Å². The Morgan fingerprint density at radius 2 is 1.66 bits per heavy atom. The molecular formula is C28H30N2O4S. The molecule has 1 heterocycles. The monoisotopic (exact) mass is 490 g/mol. The molecule has 4 rings (SSSR count). The lowest BCUT2D eigenvalue weighted by Crippen LogP contribution is -2.26. The number of hydrogen-bond acceptors (Lipinski definition) is 5. The van der Waals surface area contributed by atoms with Crippen LogP contribution >= 0.6 is 11.3 Å². The van der Waals surface area contributed by atoms with E-state index in [-0.39, 0.29) is 5.92 Å². The number of carbonyl (C=O) groups excluding carboxylic acids is 2. The molecule has 35 heavy (non-hydrogen) atoms. The molecule has 3 aromatic rings. The van der Waals surface area contributed by atoms with Crippen LogP contribution in [0.4, 0.5) is 14.6 Å². The summed E-state index contributed by atoms with van der Waals surface area (Å²) >= 11 is 1.43. The minimum atomic E-state index is -0.537. The highest BCUT2D eigenvalue weighted by Crippen LogP contribution is 2.44. The quantitative estimate of drug-likeness (QED) is 0.348. The van der Waals surface area contributed by atoms with Crippen molar-refractivity contribution in [2.24, 2.45) is 0 Å². The molecule has 6 nitrogen and oxygen atoms in total. The number of amides is 2. The lowest BCUT2D eigenvalue weighted by molar-refractivity contribution is 0.0636. The molecule has 0 atom stereocenters. The first-order chi connectivity index (χ1) is 16.8. The van der Waals surface area contributed by atoms with Crippen LogP contribution in [0.2, 0.25) is 0 Å². The molecule has 0 aliphatic heterocycles. The molecule has 2 aromatic carbocycles. The normalized spacial score (nSPS) is 12.8. The smallest absolute Gasteiger partial charge is 0.412 e. The molecule has 0 saturated heterocycles. The number of alkyl carbamates (subject to hydrolysis) is 1. The van der Waals surface area contributed by atoms with Gasteiger partial charge >= 0.3 is 12.2 Å². The zero-order valence-corrected chi connectivity index (χ0v) is 21.0. The minimum Gasteiger partial charge on any atom is -0.449 e. The van der Waals surface area contributed by atoms with E-state index in [1.807, 2.05) is 68.6 Å². The Kier molecular flexibility index (Phi) is 7.56. The summed E-state index contributed by atoms with van der Waals surface area (Å²) < 4.78 is 10.8. The number of nitrogens with one attached hydrogen (secondary N) is 2. The maximum Gasteiger partial charge on any atom is 0.412 e. The summed E-state index contributed by atoms with van der Waals surface area (Å²) in [6, 6.07) is 18.4. The van der Waals surface area contributed by atoms with Crippen molar-refractivity contribution in [1.82, 2.24) is 5.32 Å². The Balaban J connectivity index is 1.20. The molecule has 0 unspecified atom stereocenters. The van der Waals surface area contributed by atoms with Gasteiger partial charge in [-0.15, -0.1) is 11.3 Å². The van der Waals surface area contributed by atoms with Crippen molar-refractivity contribution in [3.8, 4) is 11.1 Å². The predicted molar refractivity (Wildman–Crippen MR) is 141 cm³/mol. The summed E-state index contributed by atoms with van der Waals surface area (Å²) in [4.78, 5) is 24.1. The van der Waals surface area contributed by atoms with Gasteiger partial charge in [0.2, 0.25) is 0 Å². The zero-order chi connectivity index (χ0) is 24.8. The number of anilines is 1. The third-order valence-electron chi connectivity index (χ3n) is 5.48. The minimum absolute atomic E-state index is 0.0510. The van der Waals surface area contributed by atoms with Crippen LogP contribution in [0.25, 0.3) is 17.2 Å². The highest BCUT2D eigenvalue weighted by atomic mass is 32.1. The van der Waals surface area contributed by atoms with Crippen LogP contribution in [0.15, 0.2) is 66.1 Å². The summed E-state index contributed by atoms with van der Waals surface area (Å²) in [7, 11) is 0. The fraction of sp³-hybridized carbons (Fsp3) is 0.286. The molecular weight excluding hydrogens is 460 g/mol. The van der Waals surface area contributed by atoms with Crippen molar-refractivity contribution in [2.75, 3.05) is 18.5 Å². The average Bonchev–Trinajstić information content (AvgIpc) is 3.38. The highest BCUT2D eigenvalue weighted by molar-refractivity contribution is 7.14. The molecule has 1 aromatic heterocycles. The van der Waals surface area contributed by atoms with Crippen molar-refractivity contribution in [1.29, 1.82) is 0 Å². The van der Waals surface area contributed by atoms with E-state index in [0.29, 0.717) is 19.6 Å². The van der Waals surface area contributed by atoms with Gasteiger partial charge in [0.25, 0.3) is 0 Å². The molecule has 7 heteroatoms. The number of thiophene rings is 1. The van der Waals surface area contributed by atoms with Gasteiger partial charge in [0.1, 0.15) is 12.2 Å². The van der Waals surface area contributed by atoms with Gasteiger partial charge in [-0.1, -0.05) is 60.7 Å². The fourth-order valence-corrected chi connectivity index (χ4v) is 4.79. The molecule has 1 aliphatic carbocycles. The van der Waals surface area contributed by atoms with Crippen molar-refractivity contribution < 1.29 is 19.1 Å². The molecule has 2 N–H and O–H groups in total. The summed E-state index contributed by atoms with van der Waals surface area (Å²) in [5, 5.41) is 8.21. The first-order valence-electron chi connectivity index (χ1n) is 11.6. The Morgan fingerprint density at radius 3 is 2.31 bits per heavy atom. The van der Waals surface area contributed by atoms with Gasteiger partial charge in [-0.05, 0) is 61.1 Å². The maximum atomic E-state index is 12.3. The molecule has 1 aliphatic rings. The Hall–Kier alpha value is -3.58. The fourth-order valence-electron chi connectivity index (χ4n) is 4.03. The Labute approximate surface area is 210 Å². The zero-order valence-electron chi connectivity index (χ0n) is 20.2. The number of fused-ring (bicyclic) bond motifs is 3. The van der Waals surface area contributed by atoms with Crippen LogP contribution in [0.3, 0.4) is 0 Å². The molecule has 0 bridgehead atoms. The standard InChI is InChI=1S/C28H30N2O4S/c1-28(2,3)34-27(32)30-25-16-19(18-35-25)10-8-9-15-29-26(31)33-17-24-22-13-6-4-11-20(22)21-12-5-7-14-23(21)24/h4-8,10-14,16,18,24H,9,15,17H2,1-3H3,(H,29,31)(H,30,32). The summed E-state index contributed by atoms with van der Waals surface area (Å²) in [5.41, 5.74) is 5.24. The van der Waals surface area contributed by atoms with Crippen molar-refractivity contribution >= 4 is 34.6 Å². The summed E-state index contributed by atoms with van der Waals surface area (Å²) in [5.74, 6) is 0.0510. The Morgan fingerprint density at radius 1 is 1.00 bits per heavy atom. The molecule has 182 valence electrons. The summed E-state index contributed by atoms with van der Waals surface area (Å²) in [6.45, 7) is 6.25. The topological polar surface area (TPSA) is 76.7 Å². The van der Waals surface area contributed by atoms with Crippen LogP contribution in [0.1, 0.15) is 49.8 Å². The third kappa shape index (κ3) is 6.51. The van der Waals surface area contributed by atoms with Crippen LogP contribution in [-0.4, -0.2) is 30.9 Å². The lowest BCUT2D eigenvalue weighted by Gasteiger charge is -2.19. The second-order valence-corrected chi connectivity index (χ2v) is 10.2. The maximum absolute atomic E-state index is 12.3. The van der Waals surface area contributed by atoms with Gasteiger partial charge in [0.15, 0.2) is 0 Å². The second kappa shape index (κ2) is 10.8. The van der Waals surface area contributed by atoms with E-state index >= 15 is 0 Å². The van der Waals surface area contributed by atoms with E-state index < -0.39 is 17.8 Å². The SMILES string of the molecule is CC(C)(C)OC(=O)Nc1cc(C=CCCNC(=O)OCC2c3ccccc3-c3ccccc32)cs1. The molecule has 2 amide bonds. The molecule has 0 fully saturated rings. The number of hydrogen-bond donors (Lipinski definition) is 2. The first kappa shape index (κ1) is 24.5. The van der Waals surface area contributed by atoms with E-state index in [0.717, 1.165) is 10.6 Å². The Bertz CT molecular complexity index is 1180. The van der Waals surface area contributed by atoms with Gasteiger partial charge < -0.3 is 14.8 Å². The van der Waals surface area contributed by atoms with E-state index in [1.165, 1.54) is 33.6 Å². The number of ether oxygens (including phenoxy) is 2. The number of carbonyl (C=O) groups is 2. The van der Waals surface area contributed by atoms with Crippen molar-refractivity contribution in [3.05, 3.63) is 82.7 Å². The largest absolute Gasteiger partial charge is 0.449 e. The second-order valence-electron chi connectivity index (χ2n) is 9.31. The van der Waals surface area contributed by atoms with Crippen molar-refractivity contribution in [2.45, 2.75) is 38.7 Å². The van der Waals surface area contributed by atoms with Gasteiger partial charge in [-0.25, -0.2) is 9.59 Å². The van der Waals surface area contributed by atoms with Crippen LogP contribution < -0.4 is 10.6 Å². The van der Waals surface area contributed by atoms with E-state index in [2.05, 4.69) is 34.9 Å². The third-order valence-corrected chi connectivity index (χ3v) is 6.34. The first-order valence-corrected chi connectivity index (χ1v) is 12.5. The van der Waals surface area contributed by atoms with Gasteiger partial charge in [0.05, 0.1) is 5.00 Å². The van der Waals surface area contributed by atoms with E-state index in [4.69, 9.17) is 9.47 Å². The molecule has 0 radical (unpaired) electrons. The summed E-state index contributed by atoms with van der Waals surface area (Å²) in [6.07, 6.45) is 3.70. The number of benzene rings is 2. The van der Waals surface area contributed by atoms with Gasteiger partial charge in [-0.3, -0.25) is 5.32 Å². The highest BCUT2D eigenvalue weighted by Gasteiger charge is 2.28. The van der Waals surface area contributed by atoms with Gasteiger partial charge in [-0.2, -0.15) is 0 Å². The van der Waals surface area contributed by atoms with E-state index in [9.17, 15) is 9.59 Å².